The number of hydrogen-bond acceptors (Lipinski definition) is 6. The second-order valence-electron chi connectivity index (χ2n) is 6.17. The molecule has 0 saturated heterocycles. The molecule has 0 bridgehead atoms. The maximum Gasteiger partial charge on any atom is 0.269 e. The van der Waals surface area contributed by atoms with E-state index in [0.717, 1.165) is 10.6 Å². The second kappa shape index (κ2) is 8.57. The standard InChI is InChI=1S/C19H18N4O4S/c1-13-12-14(23(26)27)6-7-15(13)20-18(24)5-2-10-22-19(25)9-8-16(21-22)17-4-3-11-28-17/h3-4,6-9,11-12H,2,5,10H2,1H3,(H,20,24). The number of nitrogens with one attached hydrogen (secondary N) is 1. The summed E-state index contributed by atoms with van der Waals surface area (Å²) in [5.41, 5.74) is 1.63. The summed E-state index contributed by atoms with van der Waals surface area (Å²) >= 11 is 1.54. The van der Waals surface area contributed by atoms with E-state index in [4.69, 9.17) is 0 Å². The third-order valence-electron chi connectivity index (χ3n) is 4.11. The quantitative estimate of drug-likeness (QED) is 0.483. The molecule has 0 radical (unpaired) electrons. The number of nitro benzene ring substituents is 1. The van der Waals surface area contributed by atoms with Gasteiger partial charge >= 0.3 is 0 Å². The Balaban J connectivity index is 1.58. The molecule has 0 atom stereocenters. The van der Waals surface area contributed by atoms with Crippen LogP contribution in [0.2, 0.25) is 0 Å². The SMILES string of the molecule is Cc1cc([N+](=O)[O-])ccc1NC(=O)CCCn1nc(-c2cccs2)ccc1=O. The highest BCUT2D eigenvalue weighted by molar-refractivity contribution is 7.13. The van der Waals surface area contributed by atoms with Crippen molar-refractivity contribution in [1.29, 1.82) is 0 Å². The molecule has 1 aromatic carbocycles. The molecule has 1 N–H and O–H groups in total. The van der Waals surface area contributed by atoms with Crippen molar-refractivity contribution in [2.24, 2.45) is 0 Å². The zero-order valence-electron chi connectivity index (χ0n) is 15.1. The van der Waals surface area contributed by atoms with E-state index in [0.29, 0.717) is 24.2 Å². The maximum absolute atomic E-state index is 12.2. The molecule has 2 heterocycles. The molecule has 3 rings (SSSR count). The van der Waals surface area contributed by atoms with Crippen LogP contribution in [-0.4, -0.2) is 20.6 Å². The lowest BCUT2D eigenvalue weighted by molar-refractivity contribution is -0.384. The number of nitrogens with zero attached hydrogens (tertiary/aromatic N) is 3. The number of rotatable bonds is 7. The number of amides is 1. The van der Waals surface area contributed by atoms with Crippen LogP contribution in [0, 0.1) is 17.0 Å². The summed E-state index contributed by atoms with van der Waals surface area (Å²) in [4.78, 5) is 35.4. The van der Waals surface area contributed by atoms with Crippen molar-refractivity contribution in [3.8, 4) is 10.6 Å². The van der Waals surface area contributed by atoms with Crippen molar-refractivity contribution < 1.29 is 9.72 Å². The van der Waals surface area contributed by atoms with Gasteiger partial charge in [-0.3, -0.25) is 19.7 Å². The van der Waals surface area contributed by atoms with E-state index in [1.165, 1.54) is 28.9 Å². The van der Waals surface area contributed by atoms with Crippen LogP contribution in [0.25, 0.3) is 10.6 Å². The Hall–Kier alpha value is -3.33. The number of benzene rings is 1. The van der Waals surface area contributed by atoms with Crippen molar-refractivity contribution in [3.05, 3.63) is 73.9 Å². The summed E-state index contributed by atoms with van der Waals surface area (Å²) in [5, 5.41) is 19.8. The highest BCUT2D eigenvalue weighted by Crippen LogP contribution is 2.22. The van der Waals surface area contributed by atoms with Gasteiger partial charge in [-0.25, -0.2) is 4.68 Å². The van der Waals surface area contributed by atoms with Crippen LogP contribution in [0.3, 0.4) is 0 Å². The van der Waals surface area contributed by atoms with Gasteiger partial charge in [0.15, 0.2) is 0 Å². The number of non-ortho nitro benzene ring substituents is 1. The smallest absolute Gasteiger partial charge is 0.269 e. The van der Waals surface area contributed by atoms with Crippen molar-refractivity contribution in [2.45, 2.75) is 26.3 Å². The highest BCUT2D eigenvalue weighted by atomic mass is 32.1. The van der Waals surface area contributed by atoms with Gasteiger partial charge in [0.05, 0.1) is 9.80 Å². The van der Waals surface area contributed by atoms with Crippen LogP contribution in [0.5, 0.6) is 0 Å². The Morgan fingerprint density at radius 3 is 2.79 bits per heavy atom. The number of carbonyl (C=O) groups is 1. The number of nitro groups is 1. The molecular weight excluding hydrogens is 380 g/mol. The van der Waals surface area contributed by atoms with E-state index in [1.54, 1.807) is 24.3 Å². The number of carbonyl (C=O) groups excluding carboxylic acids is 1. The first kappa shape index (κ1) is 19.4. The van der Waals surface area contributed by atoms with Gasteiger partial charge in [-0.2, -0.15) is 5.10 Å². The lowest BCUT2D eigenvalue weighted by atomic mass is 10.1. The third kappa shape index (κ3) is 4.68. The van der Waals surface area contributed by atoms with Crippen molar-refractivity contribution in [3.63, 3.8) is 0 Å². The van der Waals surface area contributed by atoms with Crippen molar-refractivity contribution in [2.75, 3.05) is 5.32 Å². The molecule has 0 unspecified atom stereocenters. The Morgan fingerprint density at radius 1 is 1.29 bits per heavy atom. The van der Waals surface area contributed by atoms with Crippen LogP contribution in [0.4, 0.5) is 11.4 Å². The zero-order valence-corrected chi connectivity index (χ0v) is 15.9. The molecule has 0 aliphatic carbocycles. The predicted octanol–water partition coefficient (Wildman–Crippen LogP) is 3.61. The summed E-state index contributed by atoms with van der Waals surface area (Å²) in [6.07, 6.45) is 0.645. The van der Waals surface area contributed by atoms with E-state index >= 15 is 0 Å². The Morgan fingerprint density at radius 2 is 2.11 bits per heavy atom. The summed E-state index contributed by atoms with van der Waals surface area (Å²) in [5.74, 6) is -0.223. The van der Waals surface area contributed by atoms with Crippen molar-refractivity contribution in [1.82, 2.24) is 9.78 Å². The minimum Gasteiger partial charge on any atom is -0.326 e. The largest absolute Gasteiger partial charge is 0.326 e. The van der Waals surface area contributed by atoms with Crippen molar-refractivity contribution >= 4 is 28.6 Å². The average molecular weight is 398 g/mol. The Kier molecular flexibility index (Phi) is 5.95. The first-order chi connectivity index (χ1) is 13.4. The van der Waals surface area contributed by atoms with E-state index in [1.807, 2.05) is 17.5 Å². The topological polar surface area (TPSA) is 107 Å². The molecular formula is C19H18N4O4S. The molecule has 2 aromatic heterocycles. The lowest BCUT2D eigenvalue weighted by Crippen LogP contribution is -2.23. The molecule has 1 amide bonds. The van der Waals surface area contributed by atoms with Crippen LogP contribution in [0.15, 0.2) is 52.6 Å². The number of aromatic nitrogens is 2. The van der Waals surface area contributed by atoms with Gasteiger partial charge in [0.2, 0.25) is 5.91 Å². The van der Waals surface area contributed by atoms with E-state index in [9.17, 15) is 19.7 Å². The molecule has 0 spiro atoms. The van der Waals surface area contributed by atoms with Gasteiger partial charge in [0.25, 0.3) is 11.2 Å². The van der Waals surface area contributed by atoms with Crippen LogP contribution < -0.4 is 10.9 Å². The van der Waals surface area contributed by atoms with Gasteiger partial charge < -0.3 is 5.32 Å². The summed E-state index contributed by atoms with van der Waals surface area (Å²) in [7, 11) is 0. The zero-order chi connectivity index (χ0) is 20.1. The number of hydrogen-bond donors (Lipinski definition) is 1. The predicted molar refractivity (Wildman–Crippen MR) is 108 cm³/mol. The van der Waals surface area contributed by atoms with E-state index in [2.05, 4.69) is 10.4 Å². The van der Waals surface area contributed by atoms with E-state index < -0.39 is 4.92 Å². The Bertz CT molecular complexity index is 1060. The van der Waals surface area contributed by atoms with Crippen LogP contribution >= 0.6 is 11.3 Å². The van der Waals surface area contributed by atoms with Gasteiger partial charge in [-0.15, -0.1) is 11.3 Å². The fourth-order valence-corrected chi connectivity index (χ4v) is 3.36. The van der Waals surface area contributed by atoms with Crippen LogP contribution in [0.1, 0.15) is 18.4 Å². The maximum atomic E-state index is 12.2. The van der Waals surface area contributed by atoms with Crippen LogP contribution in [-0.2, 0) is 11.3 Å². The summed E-state index contributed by atoms with van der Waals surface area (Å²) < 4.78 is 1.36. The number of aryl methyl sites for hydroxylation is 2. The molecule has 0 saturated carbocycles. The van der Waals surface area contributed by atoms with Gasteiger partial charge in [0, 0.05) is 36.9 Å². The highest BCUT2D eigenvalue weighted by Gasteiger charge is 2.11. The molecule has 0 aliphatic rings. The van der Waals surface area contributed by atoms with Gasteiger partial charge in [0.1, 0.15) is 5.69 Å². The number of thiophene rings is 1. The molecule has 0 fully saturated rings. The lowest BCUT2D eigenvalue weighted by Gasteiger charge is -2.09. The monoisotopic (exact) mass is 398 g/mol. The van der Waals surface area contributed by atoms with E-state index in [-0.39, 0.29) is 23.6 Å². The summed E-state index contributed by atoms with van der Waals surface area (Å²) in [6, 6.07) is 11.3. The molecule has 28 heavy (non-hydrogen) atoms. The normalized spacial score (nSPS) is 10.6. The second-order valence-corrected chi connectivity index (χ2v) is 7.11. The summed E-state index contributed by atoms with van der Waals surface area (Å²) in [6.45, 7) is 2.02. The molecule has 144 valence electrons. The minimum absolute atomic E-state index is 0.0217. The van der Waals surface area contributed by atoms with Gasteiger partial charge in [-0.05, 0) is 42.5 Å². The molecule has 0 aliphatic heterocycles. The average Bonchev–Trinajstić information content (AvgIpc) is 3.19. The third-order valence-corrected chi connectivity index (χ3v) is 5.00. The molecule has 8 nitrogen and oxygen atoms in total. The molecule has 3 aromatic rings. The minimum atomic E-state index is -0.479. The fourth-order valence-electron chi connectivity index (χ4n) is 2.67. The fraction of sp³-hybridized carbons (Fsp3) is 0.211. The Labute approximate surface area is 164 Å². The first-order valence-electron chi connectivity index (χ1n) is 8.61. The first-order valence-corrected chi connectivity index (χ1v) is 9.49. The molecule has 9 heteroatoms. The number of anilines is 1. The van der Waals surface area contributed by atoms with Gasteiger partial charge in [-0.1, -0.05) is 6.07 Å².